The van der Waals surface area contributed by atoms with Crippen LogP contribution in [0.5, 0.6) is 0 Å². The number of piperazine rings is 1. The van der Waals surface area contributed by atoms with Crippen molar-refractivity contribution < 1.29 is 32.6 Å². The lowest BCUT2D eigenvalue weighted by atomic mass is 10.1. The number of cyclic esters (lactones) is 1. The third-order valence-corrected chi connectivity index (χ3v) is 7.64. The number of rotatable bonds is 8. The number of amides is 2. The van der Waals surface area contributed by atoms with Gasteiger partial charge < -0.3 is 29.2 Å². The van der Waals surface area contributed by atoms with Crippen molar-refractivity contribution >= 4 is 45.9 Å². The van der Waals surface area contributed by atoms with Crippen molar-refractivity contribution in [2.75, 3.05) is 60.6 Å². The first-order valence-corrected chi connectivity index (χ1v) is 14.2. The Balaban J connectivity index is 1.31. The molecule has 13 heteroatoms. The van der Waals surface area contributed by atoms with E-state index in [9.17, 15) is 19.2 Å². The van der Waals surface area contributed by atoms with Crippen LogP contribution in [0.1, 0.15) is 31.1 Å². The minimum absolute atomic E-state index is 0.0604. The molecule has 2 fully saturated rings. The second-order valence-electron chi connectivity index (χ2n) is 10.3. The van der Waals surface area contributed by atoms with Crippen molar-refractivity contribution in [3.05, 3.63) is 63.9 Å². The molecule has 0 aliphatic carbocycles. The number of carbonyl (C=O) groups is 3. The first-order chi connectivity index (χ1) is 20.6. The minimum Gasteiger partial charge on any atom is -0.462 e. The number of aryl methyl sites for hydroxylation is 1. The Morgan fingerprint density at radius 3 is 2.30 bits per heavy atom. The van der Waals surface area contributed by atoms with E-state index < -0.39 is 35.2 Å². The zero-order valence-corrected chi connectivity index (χ0v) is 24.2. The van der Waals surface area contributed by atoms with Crippen molar-refractivity contribution in [3.63, 3.8) is 0 Å². The molecule has 2 aliphatic heterocycles. The molecule has 0 radical (unpaired) electrons. The molecule has 3 aromatic rings. The van der Waals surface area contributed by atoms with Crippen LogP contribution in [0.3, 0.4) is 0 Å². The standard InChI is InChI=1S/C30H33F2N5O6/c1-4-34-17-23(29(40)42-5-2)28(39)22-14-24(31)27(25(32)26(22)34)36-12-10-35(11-13-36)19-6-8-20(9-7-19)37-16-21(43-30(37)41)15-33-18(3)38/h6-9,14,17,21H,4-5,10-13,15-16H2,1-3H3,(H,33,38)/t21-/m0/s1. The Bertz CT molecular complexity index is 1620. The molecule has 2 saturated heterocycles. The smallest absolute Gasteiger partial charge is 0.414 e. The van der Waals surface area contributed by atoms with Crippen LogP contribution in [0.4, 0.5) is 30.6 Å². The number of nitrogens with zero attached hydrogens (tertiary/aromatic N) is 4. The van der Waals surface area contributed by atoms with Crippen molar-refractivity contribution in [3.8, 4) is 0 Å². The Morgan fingerprint density at radius 1 is 1.02 bits per heavy atom. The van der Waals surface area contributed by atoms with Gasteiger partial charge in [0.25, 0.3) is 0 Å². The lowest BCUT2D eigenvalue weighted by molar-refractivity contribution is -0.119. The van der Waals surface area contributed by atoms with E-state index in [1.54, 1.807) is 30.9 Å². The molecule has 3 heterocycles. The number of pyridine rings is 1. The molecule has 2 aromatic carbocycles. The molecule has 228 valence electrons. The summed E-state index contributed by atoms with van der Waals surface area (Å²) in [5.41, 5.74) is 0.224. The Morgan fingerprint density at radius 2 is 1.67 bits per heavy atom. The maximum absolute atomic E-state index is 15.9. The van der Waals surface area contributed by atoms with Gasteiger partial charge in [-0.05, 0) is 44.2 Å². The number of nitrogens with one attached hydrogen (secondary N) is 1. The van der Waals surface area contributed by atoms with Gasteiger partial charge in [-0.2, -0.15) is 0 Å². The molecule has 0 bridgehead atoms. The van der Waals surface area contributed by atoms with Crippen molar-refractivity contribution in [2.45, 2.75) is 33.4 Å². The number of aromatic nitrogens is 1. The highest BCUT2D eigenvalue weighted by molar-refractivity contribution is 5.95. The molecular weight excluding hydrogens is 564 g/mol. The Labute approximate surface area is 246 Å². The van der Waals surface area contributed by atoms with Crippen LogP contribution in [0.2, 0.25) is 0 Å². The molecule has 0 saturated carbocycles. The molecule has 2 amide bonds. The largest absolute Gasteiger partial charge is 0.462 e. The monoisotopic (exact) mass is 597 g/mol. The summed E-state index contributed by atoms with van der Waals surface area (Å²) in [6, 6.07) is 8.36. The zero-order chi connectivity index (χ0) is 30.8. The molecule has 1 N–H and O–H groups in total. The van der Waals surface area contributed by atoms with Crippen LogP contribution < -0.4 is 25.4 Å². The molecule has 5 rings (SSSR count). The quantitative estimate of drug-likeness (QED) is 0.394. The van der Waals surface area contributed by atoms with Crippen LogP contribution in [0.25, 0.3) is 10.9 Å². The van der Waals surface area contributed by atoms with Gasteiger partial charge in [0, 0.05) is 57.2 Å². The van der Waals surface area contributed by atoms with Crippen molar-refractivity contribution in [1.29, 1.82) is 0 Å². The fourth-order valence-electron chi connectivity index (χ4n) is 5.50. The summed E-state index contributed by atoms with van der Waals surface area (Å²) in [6.07, 6.45) is 0.341. The van der Waals surface area contributed by atoms with Gasteiger partial charge in [0.15, 0.2) is 5.82 Å². The second kappa shape index (κ2) is 12.3. The summed E-state index contributed by atoms with van der Waals surface area (Å²) in [4.78, 5) is 54.0. The first kappa shape index (κ1) is 29.8. The van der Waals surface area contributed by atoms with Crippen LogP contribution in [0, 0.1) is 11.6 Å². The van der Waals surface area contributed by atoms with Gasteiger partial charge in [0.05, 0.1) is 30.6 Å². The number of halogens is 2. The fraction of sp³-hybridized carbons (Fsp3) is 0.400. The Kier molecular flexibility index (Phi) is 8.51. The number of hydrogen-bond acceptors (Lipinski definition) is 8. The van der Waals surface area contributed by atoms with Gasteiger partial charge in [0.2, 0.25) is 11.3 Å². The molecule has 1 aromatic heterocycles. The van der Waals surface area contributed by atoms with Crippen LogP contribution >= 0.6 is 0 Å². The number of esters is 1. The normalized spacial score (nSPS) is 16.9. The van der Waals surface area contributed by atoms with Gasteiger partial charge in [-0.15, -0.1) is 0 Å². The average molecular weight is 598 g/mol. The summed E-state index contributed by atoms with van der Waals surface area (Å²) in [7, 11) is 0. The van der Waals surface area contributed by atoms with E-state index in [2.05, 4.69) is 10.2 Å². The fourth-order valence-corrected chi connectivity index (χ4v) is 5.50. The third-order valence-electron chi connectivity index (χ3n) is 7.64. The van der Waals surface area contributed by atoms with Gasteiger partial charge in [0.1, 0.15) is 23.2 Å². The topological polar surface area (TPSA) is 113 Å². The third kappa shape index (κ3) is 5.84. The molecule has 11 nitrogen and oxygen atoms in total. The van der Waals surface area contributed by atoms with E-state index in [4.69, 9.17) is 9.47 Å². The molecule has 43 heavy (non-hydrogen) atoms. The SMILES string of the molecule is CCOC(=O)c1cn(CC)c2c(F)c(N3CCN(c4ccc(N5C[C@H](CNC(C)=O)OC5=O)cc4)CC3)c(F)cc2c1=O. The van der Waals surface area contributed by atoms with Gasteiger partial charge in [-0.1, -0.05) is 0 Å². The summed E-state index contributed by atoms with van der Waals surface area (Å²) in [6.45, 7) is 7.21. The van der Waals surface area contributed by atoms with Gasteiger partial charge >= 0.3 is 12.1 Å². The molecule has 2 aliphatic rings. The predicted molar refractivity (Wildman–Crippen MR) is 157 cm³/mol. The summed E-state index contributed by atoms with van der Waals surface area (Å²) >= 11 is 0. The predicted octanol–water partition coefficient (Wildman–Crippen LogP) is 3.26. The highest BCUT2D eigenvalue weighted by Crippen LogP contribution is 2.32. The summed E-state index contributed by atoms with van der Waals surface area (Å²) < 4.78 is 43.1. The van der Waals surface area contributed by atoms with Gasteiger partial charge in [-0.3, -0.25) is 14.5 Å². The minimum atomic E-state index is -0.877. The first-order valence-electron chi connectivity index (χ1n) is 14.2. The van der Waals surface area contributed by atoms with E-state index >= 15 is 8.78 Å². The zero-order valence-electron chi connectivity index (χ0n) is 24.2. The van der Waals surface area contributed by atoms with E-state index in [0.717, 1.165) is 11.8 Å². The summed E-state index contributed by atoms with van der Waals surface area (Å²) in [5.74, 6) is -2.76. The van der Waals surface area contributed by atoms with Gasteiger partial charge in [-0.25, -0.2) is 18.4 Å². The number of fused-ring (bicyclic) bond motifs is 1. The lowest BCUT2D eigenvalue weighted by Crippen LogP contribution is -2.47. The Hall–Kier alpha value is -4.68. The van der Waals surface area contributed by atoms with Crippen LogP contribution in [-0.4, -0.2) is 74.5 Å². The van der Waals surface area contributed by atoms with E-state index in [-0.39, 0.29) is 47.8 Å². The second-order valence-corrected chi connectivity index (χ2v) is 10.3. The number of anilines is 3. The van der Waals surface area contributed by atoms with Crippen LogP contribution in [-0.2, 0) is 20.8 Å². The molecule has 0 unspecified atom stereocenters. The van der Waals surface area contributed by atoms with E-state index in [1.165, 1.54) is 22.6 Å². The number of hydrogen-bond donors (Lipinski definition) is 1. The van der Waals surface area contributed by atoms with Crippen molar-refractivity contribution in [1.82, 2.24) is 9.88 Å². The average Bonchev–Trinajstić information content (AvgIpc) is 3.37. The number of benzene rings is 2. The molecular formula is C30H33F2N5O6. The van der Waals surface area contributed by atoms with E-state index in [0.29, 0.717) is 38.4 Å². The highest BCUT2D eigenvalue weighted by atomic mass is 19.1. The lowest BCUT2D eigenvalue weighted by Gasteiger charge is -2.37. The maximum Gasteiger partial charge on any atom is 0.414 e. The van der Waals surface area contributed by atoms with Crippen LogP contribution in [0.15, 0.2) is 41.3 Å². The van der Waals surface area contributed by atoms with Crippen molar-refractivity contribution in [2.24, 2.45) is 0 Å². The van der Waals surface area contributed by atoms with E-state index in [1.807, 2.05) is 12.1 Å². The molecule has 0 spiro atoms. The number of carbonyl (C=O) groups excluding carboxylic acids is 3. The summed E-state index contributed by atoms with van der Waals surface area (Å²) in [5, 5.41) is 2.43. The maximum atomic E-state index is 15.9. The number of ether oxygens (including phenoxy) is 2. The highest BCUT2D eigenvalue weighted by Gasteiger charge is 2.33. The molecule has 1 atom stereocenters.